The van der Waals surface area contributed by atoms with Crippen molar-refractivity contribution in [1.29, 1.82) is 0 Å². The number of fused-ring (bicyclic) bond motifs is 9. The predicted molar refractivity (Wildman–Crippen MR) is 260 cm³/mol. The molecule has 0 saturated carbocycles. The number of para-hydroxylation sites is 1. The van der Waals surface area contributed by atoms with E-state index in [1.807, 2.05) is 0 Å². The van der Waals surface area contributed by atoms with Crippen LogP contribution in [0, 0.1) is 0 Å². The fourth-order valence-electron chi connectivity index (χ4n) is 11.5. The van der Waals surface area contributed by atoms with Gasteiger partial charge in [0.25, 0.3) is 0 Å². The molecule has 2 aliphatic rings. The summed E-state index contributed by atoms with van der Waals surface area (Å²) in [5.41, 5.74) is 21.3. The van der Waals surface area contributed by atoms with Crippen molar-refractivity contribution < 1.29 is 0 Å². The number of hydrogen-bond acceptors (Lipinski definition) is 0. The number of rotatable bonds is 6. The van der Waals surface area contributed by atoms with Gasteiger partial charge in [-0.1, -0.05) is 204 Å². The van der Waals surface area contributed by atoms with Crippen LogP contribution < -0.4 is 0 Å². The summed E-state index contributed by atoms with van der Waals surface area (Å²) in [6.07, 6.45) is 0. The van der Waals surface area contributed by atoms with Gasteiger partial charge in [-0.05, 0) is 114 Å². The molecule has 0 spiro atoms. The van der Waals surface area contributed by atoms with E-state index < -0.39 is 5.41 Å². The lowest BCUT2D eigenvalue weighted by atomic mass is 9.64. The smallest absolute Gasteiger partial charge is 0.0701 e. The molecule has 1 heterocycles. The Morgan fingerprint density at radius 2 is 0.790 bits per heavy atom. The fraction of sp³-hybridized carbons (Fsp3) is 0.115. The van der Waals surface area contributed by atoms with Gasteiger partial charge >= 0.3 is 0 Å². The minimum absolute atomic E-state index is 0.0642. The van der Waals surface area contributed by atoms with Crippen molar-refractivity contribution in [3.8, 4) is 39.1 Å². The molecule has 0 fully saturated rings. The first-order chi connectivity index (χ1) is 30.3. The Kier molecular flexibility index (Phi) is 7.91. The van der Waals surface area contributed by atoms with Crippen LogP contribution in [0.1, 0.15) is 72.2 Å². The predicted octanol–water partition coefficient (Wildman–Crippen LogP) is 15.4. The SMILES string of the molecule is CC1(C)c2ccccc2-c2ccc(-n3c4ccccc4c4cc(-c5ccc6c(c5)C(C)(C)c5cc(C(c7ccccc7)(c7ccccc7)c7ccccc7)ccc5-6)ccc43)cc21. The monoisotopic (exact) mass is 793 g/mol. The minimum atomic E-state index is -0.496. The van der Waals surface area contributed by atoms with Crippen molar-refractivity contribution in [1.82, 2.24) is 4.57 Å². The van der Waals surface area contributed by atoms with E-state index in [0.717, 1.165) is 0 Å². The lowest BCUT2D eigenvalue weighted by Crippen LogP contribution is -2.31. The van der Waals surface area contributed by atoms with Gasteiger partial charge in [-0.2, -0.15) is 0 Å². The average molecular weight is 794 g/mol. The maximum absolute atomic E-state index is 2.52. The summed E-state index contributed by atoms with van der Waals surface area (Å²) in [7, 11) is 0. The zero-order valence-corrected chi connectivity index (χ0v) is 35.7. The van der Waals surface area contributed by atoms with E-state index in [9.17, 15) is 0 Å². The van der Waals surface area contributed by atoms with E-state index in [0.29, 0.717) is 0 Å². The first-order valence-electron chi connectivity index (χ1n) is 22.0. The molecule has 0 saturated heterocycles. The molecule has 0 amide bonds. The van der Waals surface area contributed by atoms with Crippen LogP contribution in [0.25, 0.3) is 60.9 Å². The Morgan fingerprint density at radius 3 is 1.47 bits per heavy atom. The van der Waals surface area contributed by atoms with Crippen molar-refractivity contribution in [3.63, 3.8) is 0 Å². The highest BCUT2D eigenvalue weighted by atomic mass is 15.0. The van der Waals surface area contributed by atoms with Crippen molar-refractivity contribution in [3.05, 3.63) is 257 Å². The molecule has 0 N–H and O–H groups in total. The van der Waals surface area contributed by atoms with E-state index in [2.05, 4.69) is 245 Å². The molecule has 296 valence electrons. The summed E-state index contributed by atoms with van der Waals surface area (Å²) >= 11 is 0. The van der Waals surface area contributed by atoms with E-state index >= 15 is 0 Å². The molecule has 62 heavy (non-hydrogen) atoms. The molecule has 0 radical (unpaired) electrons. The molecule has 0 bridgehead atoms. The molecule has 1 nitrogen and oxygen atoms in total. The Hall–Kier alpha value is -7.22. The third-order valence-corrected chi connectivity index (χ3v) is 14.6. The molecule has 10 aromatic rings. The Labute approximate surface area is 364 Å². The summed E-state index contributed by atoms with van der Waals surface area (Å²) in [6, 6.07) is 79.6. The van der Waals surface area contributed by atoms with Crippen LogP contribution in [0.2, 0.25) is 0 Å². The standard InChI is InChI=1S/C61H47N/c1-59(2)53-26-16-14-24-47(53)50-34-31-46(39-56(50)59)62-57-27-17-15-25-51(57)52-36-40(29-35-58(52)62)41-28-32-48-49-33-30-45(38-55(49)60(3,4)54(48)37-41)61(42-18-8-5-9-19-42,43-20-10-6-11-21-43)44-22-12-7-13-23-44/h5-39H,1-4H3. The molecule has 0 unspecified atom stereocenters. The molecule has 1 heteroatoms. The number of aromatic nitrogens is 1. The Balaban J connectivity index is 0.971. The molecule has 2 aliphatic carbocycles. The minimum Gasteiger partial charge on any atom is -0.309 e. The quantitative estimate of drug-likeness (QED) is 0.148. The molecule has 0 aliphatic heterocycles. The van der Waals surface area contributed by atoms with E-state index in [1.165, 1.54) is 105 Å². The fourth-order valence-corrected chi connectivity index (χ4v) is 11.5. The molecular formula is C61H47N. The third-order valence-electron chi connectivity index (χ3n) is 14.6. The van der Waals surface area contributed by atoms with Gasteiger partial charge < -0.3 is 4.57 Å². The maximum Gasteiger partial charge on any atom is 0.0701 e. The van der Waals surface area contributed by atoms with Crippen LogP contribution >= 0.6 is 0 Å². The first-order valence-corrected chi connectivity index (χ1v) is 22.0. The highest BCUT2D eigenvalue weighted by Gasteiger charge is 2.42. The van der Waals surface area contributed by atoms with Crippen LogP contribution in [-0.2, 0) is 16.2 Å². The van der Waals surface area contributed by atoms with Gasteiger partial charge in [0.15, 0.2) is 0 Å². The highest BCUT2D eigenvalue weighted by Crippen LogP contribution is 2.54. The summed E-state index contributed by atoms with van der Waals surface area (Å²) in [5.74, 6) is 0. The number of hydrogen-bond donors (Lipinski definition) is 0. The summed E-state index contributed by atoms with van der Waals surface area (Å²) in [5, 5.41) is 2.54. The summed E-state index contributed by atoms with van der Waals surface area (Å²) < 4.78 is 2.47. The summed E-state index contributed by atoms with van der Waals surface area (Å²) in [4.78, 5) is 0. The second-order valence-electron chi connectivity index (χ2n) is 18.5. The van der Waals surface area contributed by atoms with Crippen molar-refractivity contribution in [2.45, 2.75) is 43.9 Å². The molecule has 0 atom stereocenters. The van der Waals surface area contributed by atoms with Crippen LogP contribution in [0.4, 0.5) is 0 Å². The molecular weight excluding hydrogens is 747 g/mol. The van der Waals surface area contributed by atoms with Gasteiger partial charge in [0.2, 0.25) is 0 Å². The molecule has 9 aromatic carbocycles. The van der Waals surface area contributed by atoms with Gasteiger partial charge in [-0.15, -0.1) is 0 Å². The Bertz CT molecular complexity index is 3290. The topological polar surface area (TPSA) is 4.93 Å². The van der Waals surface area contributed by atoms with Crippen LogP contribution in [0.3, 0.4) is 0 Å². The average Bonchev–Trinajstić information content (AvgIpc) is 3.86. The van der Waals surface area contributed by atoms with Gasteiger partial charge in [0.1, 0.15) is 0 Å². The largest absolute Gasteiger partial charge is 0.309 e. The van der Waals surface area contributed by atoms with E-state index in [4.69, 9.17) is 0 Å². The zero-order chi connectivity index (χ0) is 41.8. The van der Waals surface area contributed by atoms with Gasteiger partial charge in [-0.25, -0.2) is 0 Å². The van der Waals surface area contributed by atoms with Crippen molar-refractivity contribution in [2.24, 2.45) is 0 Å². The normalized spacial score (nSPS) is 14.4. The lowest BCUT2D eigenvalue weighted by molar-refractivity contribution is 0.655. The second-order valence-corrected chi connectivity index (χ2v) is 18.5. The van der Waals surface area contributed by atoms with Gasteiger partial charge in [0.05, 0.1) is 16.4 Å². The van der Waals surface area contributed by atoms with E-state index in [-0.39, 0.29) is 10.8 Å². The van der Waals surface area contributed by atoms with E-state index in [1.54, 1.807) is 0 Å². The zero-order valence-electron chi connectivity index (χ0n) is 35.7. The maximum atomic E-state index is 2.52. The second kappa shape index (κ2) is 13.4. The third kappa shape index (κ3) is 5.09. The summed E-state index contributed by atoms with van der Waals surface area (Å²) in [6.45, 7) is 9.55. The van der Waals surface area contributed by atoms with Crippen molar-refractivity contribution in [2.75, 3.05) is 0 Å². The van der Waals surface area contributed by atoms with Crippen molar-refractivity contribution >= 4 is 21.8 Å². The van der Waals surface area contributed by atoms with Crippen LogP contribution in [0.5, 0.6) is 0 Å². The lowest BCUT2D eigenvalue weighted by Gasteiger charge is -2.37. The number of benzene rings is 9. The van der Waals surface area contributed by atoms with Gasteiger partial charge in [0, 0.05) is 27.3 Å². The highest BCUT2D eigenvalue weighted by molar-refractivity contribution is 6.10. The molecule has 1 aromatic heterocycles. The molecule has 12 rings (SSSR count). The van der Waals surface area contributed by atoms with Crippen LogP contribution in [-0.4, -0.2) is 4.57 Å². The van der Waals surface area contributed by atoms with Gasteiger partial charge in [-0.3, -0.25) is 0 Å². The Morgan fingerprint density at radius 1 is 0.323 bits per heavy atom. The first kappa shape index (κ1) is 36.6. The van der Waals surface area contributed by atoms with Crippen LogP contribution in [0.15, 0.2) is 212 Å². The number of nitrogens with zero attached hydrogens (tertiary/aromatic N) is 1.